The molecule has 1 heterocycles. The van der Waals surface area contributed by atoms with Crippen molar-refractivity contribution in [3.05, 3.63) is 59.2 Å². The van der Waals surface area contributed by atoms with Crippen LogP contribution in [-0.4, -0.2) is 44.2 Å². The number of carbonyl (C=O) groups is 1. The first-order chi connectivity index (χ1) is 13.2. The predicted molar refractivity (Wildman–Crippen MR) is 105 cm³/mol. The van der Waals surface area contributed by atoms with E-state index in [9.17, 15) is 18.3 Å². The van der Waals surface area contributed by atoms with Crippen molar-refractivity contribution in [1.29, 1.82) is 0 Å². The van der Waals surface area contributed by atoms with Crippen LogP contribution in [0.3, 0.4) is 0 Å². The molecular weight excluding hydrogens is 404 g/mol. The van der Waals surface area contributed by atoms with Gasteiger partial charge >= 0.3 is 5.97 Å². The van der Waals surface area contributed by atoms with Gasteiger partial charge in [-0.05, 0) is 29.1 Å². The molecule has 0 bridgehead atoms. The first kappa shape index (κ1) is 21.7. The van der Waals surface area contributed by atoms with Gasteiger partial charge in [0.25, 0.3) is 0 Å². The molecule has 6 N–H and O–H groups in total. The van der Waals surface area contributed by atoms with Crippen molar-refractivity contribution in [1.82, 2.24) is 9.73 Å². The monoisotopic (exact) mass is 426 g/mol. The molecule has 0 aliphatic rings. The number of methoxy groups -OCH3 is 1. The molecule has 9 nitrogen and oxygen atoms in total. The van der Waals surface area contributed by atoms with Crippen LogP contribution < -0.4 is 16.3 Å². The lowest BCUT2D eigenvalue weighted by Gasteiger charge is -2.24. The zero-order valence-corrected chi connectivity index (χ0v) is 16.7. The van der Waals surface area contributed by atoms with Crippen molar-refractivity contribution in [3.63, 3.8) is 0 Å². The Morgan fingerprint density at radius 1 is 1.36 bits per heavy atom. The first-order valence-electron chi connectivity index (χ1n) is 8.11. The van der Waals surface area contributed by atoms with Gasteiger partial charge in [-0.3, -0.25) is 0 Å². The minimum absolute atomic E-state index is 0.102. The molecule has 11 heteroatoms. The fourth-order valence-corrected chi connectivity index (χ4v) is 4.35. The molecule has 2 rings (SSSR count). The number of hydrazine groups is 1. The van der Waals surface area contributed by atoms with E-state index in [0.717, 1.165) is 21.9 Å². The third-order valence-electron chi connectivity index (χ3n) is 3.74. The maximum atomic E-state index is 12.1. The molecule has 1 aromatic heterocycles. The summed E-state index contributed by atoms with van der Waals surface area (Å²) >= 11 is 1.08. The Labute approximate surface area is 167 Å². The molecule has 0 saturated carbocycles. The summed E-state index contributed by atoms with van der Waals surface area (Å²) in [4.78, 5) is 12.1. The summed E-state index contributed by atoms with van der Waals surface area (Å²) in [5, 5.41) is 12.1. The molecule has 2 aromatic rings. The number of sulfonamides is 1. The van der Waals surface area contributed by atoms with Crippen LogP contribution in [0, 0.1) is 0 Å². The van der Waals surface area contributed by atoms with Crippen molar-refractivity contribution in [3.8, 4) is 5.75 Å². The predicted octanol–water partition coefficient (Wildman–Crippen LogP) is 0.492. The molecule has 0 fully saturated rings. The van der Waals surface area contributed by atoms with Crippen molar-refractivity contribution in [2.24, 2.45) is 11.6 Å². The van der Waals surface area contributed by atoms with Gasteiger partial charge in [-0.2, -0.15) is 0 Å². The van der Waals surface area contributed by atoms with Crippen LogP contribution in [-0.2, 0) is 26.0 Å². The van der Waals surface area contributed by atoms with Crippen LogP contribution in [0.2, 0.25) is 0 Å². The van der Waals surface area contributed by atoms with Crippen molar-refractivity contribution >= 4 is 27.3 Å². The van der Waals surface area contributed by atoms with E-state index in [2.05, 4.69) is 4.72 Å². The topological polar surface area (TPSA) is 148 Å². The molecule has 0 saturated heterocycles. The van der Waals surface area contributed by atoms with Crippen LogP contribution in [0.25, 0.3) is 0 Å². The molecule has 1 aromatic carbocycles. The fourth-order valence-electron chi connectivity index (χ4n) is 2.29. The number of aromatic hydroxyl groups is 1. The normalized spacial score (nSPS) is 13.1. The number of esters is 1. The van der Waals surface area contributed by atoms with E-state index in [1.807, 2.05) is 0 Å². The van der Waals surface area contributed by atoms with Gasteiger partial charge in [-0.1, -0.05) is 18.2 Å². The van der Waals surface area contributed by atoms with Gasteiger partial charge in [-0.25, -0.2) is 23.8 Å². The molecular formula is C17H22N4O5S2. The molecule has 0 aliphatic heterocycles. The number of carbonyl (C=O) groups excluding carboxylic acids is 1. The summed E-state index contributed by atoms with van der Waals surface area (Å²) in [6, 6.07) is 8.52. The minimum Gasteiger partial charge on any atom is -0.508 e. The second-order valence-electron chi connectivity index (χ2n) is 5.82. The molecule has 152 valence electrons. The summed E-state index contributed by atoms with van der Waals surface area (Å²) < 4.78 is 31.6. The molecule has 0 spiro atoms. The summed E-state index contributed by atoms with van der Waals surface area (Å²) in [5.74, 6) is 5.48. The van der Waals surface area contributed by atoms with Gasteiger partial charge in [0.15, 0.2) is 0 Å². The molecule has 0 aliphatic carbocycles. The van der Waals surface area contributed by atoms with Crippen molar-refractivity contribution in [2.45, 2.75) is 16.7 Å². The lowest BCUT2D eigenvalue weighted by molar-refractivity contribution is -0.146. The Morgan fingerprint density at radius 2 is 2.04 bits per heavy atom. The molecule has 0 unspecified atom stereocenters. The van der Waals surface area contributed by atoms with E-state index in [-0.39, 0.29) is 28.6 Å². The number of nitrogens with one attached hydrogen (secondary N) is 1. The smallest absolute Gasteiger partial charge is 0.330 e. The Morgan fingerprint density at radius 3 is 2.61 bits per heavy atom. The Balaban J connectivity index is 2.07. The maximum absolute atomic E-state index is 12.1. The molecule has 28 heavy (non-hydrogen) atoms. The first-order valence-corrected chi connectivity index (χ1v) is 10.5. The van der Waals surface area contributed by atoms with Gasteiger partial charge in [0.05, 0.1) is 13.7 Å². The highest BCUT2D eigenvalue weighted by Crippen LogP contribution is 2.16. The SMILES string of the molecule is COC(=O)[C@H](Cc1ccc(O)cc1)N(N)/C=C(\N)CNS(=O)(=O)c1cccs1. The van der Waals surface area contributed by atoms with E-state index in [0.29, 0.717) is 0 Å². The standard InChI is InChI=1S/C17H22N4O5S2/c1-26-17(23)15(9-12-4-6-14(22)7-5-12)21(19)11-13(18)10-20-28(24,25)16-3-2-8-27-16/h2-8,11,15,20,22H,9-10,18-19H2,1H3/b13-11-/t15-/m0/s1. The van der Waals surface area contributed by atoms with Gasteiger partial charge in [0, 0.05) is 18.3 Å². The zero-order valence-electron chi connectivity index (χ0n) is 15.1. The van der Waals surface area contributed by atoms with E-state index in [1.165, 1.54) is 31.5 Å². The maximum Gasteiger partial charge on any atom is 0.330 e. The average molecular weight is 427 g/mol. The van der Waals surface area contributed by atoms with Gasteiger partial charge in [0.1, 0.15) is 16.0 Å². The summed E-state index contributed by atoms with van der Waals surface area (Å²) in [7, 11) is -2.43. The minimum atomic E-state index is -3.67. The Bertz CT molecular complexity index is 912. The number of hydrogen-bond donors (Lipinski definition) is 4. The van der Waals surface area contributed by atoms with Crippen LogP contribution in [0.15, 0.2) is 57.9 Å². The van der Waals surface area contributed by atoms with E-state index in [1.54, 1.807) is 23.6 Å². The molecule has 0 amide bonds. The fraction of sp³-hybridized carbons (Fsp3) is 0.235. The number of phenolic OH excluding ortho intramolecular Hbond substituents is 1. The van der Waals surface area contributed by atoms with Gasteiger partial charge in [0.2, 0.25) is 10.0 Å². The van der Waals surface area contributed by atoms with Crippen molar-refractivity contribution in [2.75, 3.05) is 13.7 Å². The summed E-state index contributed by atoms with van der Waals surface area (Å²) in [6.45, 7) is -0.180. The highest BCUT2D eigenvalue weighted by Gasteiger charge is 2.24. The molecule has 1 atom stereocenters. The van der Waals surface area contributed by atoms with E-state index >= 15 is 0 Å². The number of ether oxygens (including phenoxy) is 1. The summed E-state index contributed by atoms with van der Waals surface area (Å²) in [6.07, 6.45) is 1.48. The van der Waals surface area contributed by atoms with Crippen LogP contribution in [0.5, 0.6) is 5.75 Å². The average Bonchev–Trinajstić information content (AvgIpc) is 3.21. The molecule has 0 radical (unpaired) electrons. The Hall–Kier alpha value is -2.60. The number of phenols is 1. The number of thiophene rings is 1. The second kappa shape index (κ2) is 9.55. The lowest BCUT2D eigenvalue weighted by atomic mass is 10.1. The van der Waals surface area contributed by atoms with Crippen molar-refractivity contribution < 1.29 is 23.1 Å². The van der Waals surface area contributed by atoms with Gasteiger partial charge < -0.3 is 20.6 Å². The zero-order chi connectivity index (χ0) is 20.7. The highest BCUT2D eigenvalue weighted by molar-refractivity contribution is 7.91. The van der Waals surface area contributed by atoms with Crippen LogP contribution in [0.1, 0.15) is 5.56 Å². The van der Waals surface area contributed by atoms with Crippen LogP contribution >= 0.6 is 11.3 Å². The number of benzene rings is 1. The largest absolute Gasteiger partial charge is 0.508 e. The number of rotatable bonds is 9. The number of nitrogens with two attached hydrogens (primary N) is 2. The third-order valence-corrected chi connectivity index (χ3v) is 6.54. The Kier molecular flexibility index (Phi) is 7.40. The van der Waals surface area contributed by atoms with Gasteiger partial charge in [-0.15, -0.1) is 11.3 Å². The lowest BCUT2D eigenvalue weighted by Crippen LogP contribution is -2.45. The summed E-state index contributed by atoms with van der Waals surface area (Å²) in [5.41, 5.74) is 6.72. The highest BCUT2D eigenvalue weighted by atomic mass is 32.2. The number of nitrogens with zero attached hydrogens (tertiary/aromatic N) is 1. The van der Waals surface area contributed by atoms with E-state index < -0.39 is 22.0 Å². The number of hydrogen-bond acceptors (Lipinski definition) is 9. The van der Waals surface area contributed by atoms with Crippen LogP contribution in [0.4, 0.5) is 0 Å². The second-order valence-corrected chi connectivity index (χ2v) is 8.76. The van der Waals surface area contributed by atoms with E-state index in [4.69, 9.17) is 16.3 Å². The third kappa shape index (κ3) is 5.96. The quantitative estimate of drug-likeness (QED) is 0.257.